The predicted molar refractivity (Wildman–Crippen MR) is 123 cm³/mol. The lowest BCUT2D eigenvalue weighted by molar-refractivity contribution is -0.0614. The third-order valence-electron chi connectivity index (χ3n) is 5.63. The van der Waals surface area contributed by atoms with Gasteiger partial charge in [-0.05, 0) is 38.1 Å². The summed E-state index contributed by atoms with van der Waals surface area (Å²) in [7, 11) is 0. The monoisotopic (exact) mass is 480 g/mol. The quantitative estimate of drug-likeness (QED) is 0.507. The van der Waals surface area contributed by atoms with Crippen molar-refractivity contribution in [3.05, 3.63) is 104 Å². The Bertz CT molecular complexity index is 1330. The molecule has 0 spiro atoms. The first-order chi connectivity index (χ1) is 16.7. The van der Waals surface area contributed by atoms with Gasteiger partial charge in [0.1, 0.15) is 18.8 Å². The van der Waals surface area contributed by atoms with E-state index in [-0.39, 0.29) is 12.2 Å². The van der Waals surface area contributed by atoms with E-state index in [1.165, 1.54) is 0 Å². The molecule has 2 heterocycles. The van der Waals surface area contributed by atoms with Gasteiger partial charge in [-0.3, -0.25) is 14.3 Å². The molecule has 4 atom stereocenters. The van der Waals surface area contributed by atoms with Crippen LogP contribution in [0, 0.1) is 13.8 Å². The fraction of sp³-hybridized carbons (Fsp3) is 0.280. The van der Waals surface area contributed by atoms with Crippen LogP contribution in [0.15, 0.2) is 70.4 Å². The number of esters is 2. The Hall–Kier alpha value is -4.02. The number of aryl methyl sites for hydroxylation is 2. The van der Waals surface area contributed by atoms with Gasteiger partial charge < -0.3 is 19.3 Å². The second kappa shape index (κ2) is 10.1. The normalized spacial score (nSPS) is 21.5. The largest absolute Gasteiger partial charge is 0.459 e. The Labute approximate surface area is 199 Å². The first-order valence-corrected chi connectivity index (χ1v) is 10.9. The molecule has 1 aliphatic heterocycles. The molecule has 1 aliphatic rings. The first kappa shape index (κ1) is 24.1. The Morgan fingerprint density at radius 2 is 1.51 bits per heavy atom. The highest BCUT2D eigenvalue weighted by atomic mass is 16.6. The molecule has 35 heavy (non-hydrogen) atoms. The number of aromatic nitrogens is 2. The molecule has 3 aromatic rings. The van der Waals surface area contributed by atoms with Gasteiger partial charge in [0, 0.05) is 12.3 Å². The molecule has 10 nitrogen and oxygen atoms in total. The molecule has 4 rings (SSSR count). The van der Waals surface area contributed by atoms with Crippen molar-refractivity contribution < 1.29 is 28.9 Å². The van der Waals surface area contributed by atoms with Gasteiger partial charge in [0.05, 0.1) is 11.1 Å². The summed E-state index contributed by atoms with van der Waals surface area (Å²) in [5.41, 5.74) is 1.05. The van der Waals surface area contributed by atoms with Crippen molar-refractivity contribution in [2.24, 2.45) is 0 Å². The molecule has 1 saturated heterocycles. The van der Waals surface area contributed by atoms with Crippen LogP contribution in [-0.2, 0) is 14.2 Å². The molecule has 0 saturated carbocycles. The molecule has 2 aromatic carbocycles. The number of carbonyl (C=O) groups excluding carboxylic acids is 2. The molecular formula is C25H24N2O8. The van der Waals surface area contributed by atoms with Gasteiger partial charge in [-0.2, -0.15) is 0 Å². The van der Waals surface area contributed by atoms with Crippen LogP contribution in [0.3, 0.4) is 0 Å². The van der Waals surface area contributed by atoms with Crippen molar-refractivity contribution in [1.82, 2.24) is 9.55 Å². The SMILES string of the molecule is Cc1ccc(C(=O)OC[C@H]2O[C@@H](n3ccc(=O)[nH]c3=O)[C@H](O)[C@@H]2OC(=O)c2ccc(C)cc2)cc1. The number of ether oxygens (including phenoxy) is 3. The zero-order valence-electron chi connectivity index (χ0n) is 19.0. The van der Waals surface area contributed by atoms with E-state index >= 15 is 0 Å². The van der Waals surface area contributed by atoms with Crippen LogP contribution in [0.4, 0.5) is 0 Å². The minimum absolute atomic E-state index is 0.253. The number of nitrogens with one attached hydrogen (secondary N) is 1. The predicted octanol–water partition coefficient (Wildman–Crippen LogP) is 1.49. The maximum Gasteiger partial charge on any atom is 0.338 e. The highest BCUT2D eigenvalue weighted by molar-refractivity contribution is 5.90. The number of aromatic amines is 1. The van der Waals surface area contributed by atoms with Gasteiger partial charge >= 0.3 is 17.6 Å². The highest BCUT2D eigenvalue weighted by Gasteiger charge is 2.48. The molecule has 182 valence electrons. The van der Waals surface area contributed by atoms with E-state index in [9.17, 15) is 24.3 Å². The van der Waals surface area contributed by atoms with Crippen molar-refractivity contribution in [3.63, 3.8) is 0 Å². The first-order valence-electron chi connectivity index (χ1n) is 10.9. The molecule has 1 aromatic heterocycles. The molecule has 0 unspecified atom stereocenters. The van der Waals surface area contributed by atoms with E-state index in [2.05, 4.69) is 4.98 Å². The number of H-pyrrole nitrogens is 1. The molecule has 2 N–H and O–H groups in total. The molecule has 0 amide bonds. The maximum atomic E-state index is 12.7. The van der Waals surface area contributed by atoms with Gasteiger partial charge in [-0.15, -0.1) is 0 Å². The van der Waals surface area contributed by atoms with Crippen LogP contribution in [0.2, 0.25) is 0 Å². The van der Waals surface area contributed by atoms with E-state index in [4.69, 9.17) is 14.2 Å². The van der Waals surface area contributed by atoms with E-state index in [1.54, 1.807) is 48.5 Å². The number of carbonyl (C=O) groups is 2. The summed E-state index contributed by atoms with van der Waals surface area (Å²) in [5.74, 6) is -1.35. The van der Waals surface area contributed by atoms with Crippen molar-refractivity contribution in [2.45, 2.75) is 38.4 Å². The number of hydrogen-bond acceptors (Lipinski definition) is 8. The average molecular weight is 480 g/mol. The molecule has 1 fully saturated rings. The van der Waals surface area contributed by atoms with Crippen molar-refractivity contribution in [1.29, 1.82) is 0 Å². The minimum Gasteiger partial charge on any atom is -0.459 e. The lowest BCUT2D eigenvalue weighted by Gasteiger charge is -2.21. The van der Waals surface area contributed by atoms with E-state index in [1.807, 2.05) is 13.8 Å². The Morgan fingerprint density at radius 3 is 2.09 bits per heavy atom. The molecule has 0 aliphatic carbocycles. The van der Waals surface area contributed by atoms with Crippen LogP contribution in [0.25, 0.3) is 0 Å². The summed E-state index contributed by atoms with van der Waals surface area (Å²) in [4.78, 5) is 51.0. The fourth-order valence-corrected chi connectivity index (χ4v) is 3.67. The summed E-state index contributed by atoms with van der Waals surface area (Å²) in [6.45, 7) is 3.40. The number of nitrogens with zero attached hydrogens (tertiary/aromatic N) is 1. The Balaban J connectivity index is 1.56. The zero-order valence-corrected chi connectivity index (χ0v) is 19.0. The third-order valence-corrected chi connectivity index (χ3v) is 5.63. The van der Waals surface area contributed by atoms with Crippen LogP contribution in [0.5, 0.6) is 0 Å². The van der Waals surface area contributed by atoms with Crippen LogP contribution in [-0.4, -0.2) is 51.5 Å². The minimum atomic E-state index is -1.49. The topological polar surface area (TPSA) is 137 Å². The molecular weight excluding hydrogens is 456 g/mol. The average Bonchev–Trinajstić information content (AvgIpc) is 3.13. The number of hydrogen-bond donors (Lipinski definition) is 2. The van der Waals surface area contributed by atoms with Crippen LogP contribution >= 0.6 is 0 Å². The van der Waals surface area contributed by atoms with Crippen molar-refractivity contribution in [3.8, 4) is 0 Å². The third kappa shape index (κ3) is 5.39. The summed E-state index contributed by atoms with van der Waals surface area (Å²) < 4.78 is 17.7. The second-order valence-corrected chi connectivity index (χ2v) is 8.27. The van der Waals surface area contributed by atoms with Gasteiger partial charge in [-0.1, -0.05) is 35.4 Å². The van der Waals surface area contributed by atoms with E-state index < -0.39 is 47.7 Å². The molecule has 0 radical (unpaired) electrons. The molecule has 10 heteroatoms. The molecule has 0 bridgehead atoms. The number of aliphatic hydroxyl groups excluding tert-OH is 1. The smallest absolute Gasteiger partial charge is 0.338 e. The van der Waals surface area contributed by atoms with Gasteiger partial charge in [0.2, 0.25) is 0 Å². The van der Waals surface area contributed by atoms with Gasteiger partial charge in [-0.25, -0.2) is 14.4 Å². The number of aliphatic hydroxyl groups is 1. The fourth-order valence-electron chi connectivity index (χ4n) is 3.67. The summed E-state index contributed by atoms with van der Waals surface area (Å²) in [5, 5.41) is 10.9. The standard InChI is InChI=1S/C25H24N2O8/c1-14-3-7-16(8-4-14)23(30)33-13-18-21(35-24(31)17-9-5-15(2)6-10-17)20(29)22(34-18)27-12-11-19(28)26-25(27)32/h3-12,18,20-22,29H,13H2,1-2H3,(H,26,28,32)/t18-,20-,21-,22-/m1/s1. The lowest BCUT2D eigenvalue weighted by Crippen LogP contribution is -2.40. The number of benzene rings is 2. The summed E-state index contributed by atoms with van der Waals surface area (Å²) in [6, 6.07) is 14.5. The van der Waals surface area contributed by atoms with Crippen molar-refractivity contribution >= 4 is 11.9 Å². The Kier molecular flexibility index (Phi) is 6.94. The van der Waals surface area contributed by atoms with Gasteiger partial charge in [0.15, 0.2) is 12.3 Å². The van der Waals surface area contributed by atoms with Crippen molar-refractivity contribution in [2.75, 3.05) is 6.61 Å². The second-order valence-electron chi connectivity index (χ2n) is 8.27. The maximum absolute atomic E-state index is 12.7. The van der Waals surface area contributed by atoms with E-state index in [0.29, 0.717) is 5.56 Å². The zero-order chi connectivity index (χ0) is 25.1. The van der Waals surface area contributed by atoms with Gasteiger partial charge in [0.25, 0.3) is 5.56 Å². The van der Waals surface area contributed by atoms with E-state index in [0.717, 1.165) is 28.0 Å². The number of rotatable bonds is 6. The summed E-state index contributed by atoms with van der Waals surface area (Å²) in [6.07, 6.45) is -3.97. The van der Waals surface area contributed by atoms with Crippen LogP contribution in [0.1, 0.15) is 38.1 Å². The lowest BCUT2D eigenvalue weighted by atomic mass is 10.1. The highest BCUT2D eigenvalue weighted by Crippen LogP contribution is 2.31. The summed E-state index contributed by atoms with van der Waals surface area (Å²) >= 11 is 0. The van der Waals surface area contributed by atoms with Crippen LogP contribution < -0.4 is 11.2 Å². The Morgan fingerprint density at radius 1 is 0.943 bits per heavy atom.